The van der Waals surface area contributed by atoms with Gasteiger partial charge >= 0.3 is 0 Å². The molecule has 1 rings (SSSR count). The fourth-order valence-corrected chi connectivity index (χ4v) is 2.35. The number of hydrogen-bond donors (Lipinski definition) is 0. The number of ether oxygens (including phenoxy) is 1. The second kappa shape index (κ2) is 4.39. The van der Waals surface area contributed by atoms with E-state index < -0.39 is 10.0 Å². The van der Waals surface area contributed by atoms with E-state index in [-0.39, 0.29) is 11.9 Å². The van der Waals surface area contributed by atoms with Gasteiger partial charge < -0.3 is 4.74 Å². The number of rotatable bonds is 3. The van der Waals surface area contributed by atoms with Crippen LogP contribution in [0.3, 0.4) is 0 Å². The normalized spacial score (nSPS) is 25.0. The van der Waals surface area contributed by atoms with Crippen molar-refractivity contribution in [3.63, 3.8) is 0 Å². The van der Waals surface area contributed by atoms with Gasteiger partial charge in [-0.2, -0.15) is 0 Å². The topological polar surface area (TPSA) is 46.6 Å². The van der Waals surface area contributed by atoms with Crippen LogP contribution < -0.4 is 0 Å². The zero-order valence-electron chi connectivity index (χ0n) is 8.19. The SMILES string of the molecule is CN(C)S(=O)(=O)CC1CCCCO1. The monoisotopic (exact) mass is 207 g/mol. The second-order valence-corrected chi connectivity index (χ2v) is 5.78. The van der Waals surface area contributed by atoms with Gasteiger partial charge in [0.2, 0.25) is 10.0 Å². The van der Waals surface area contributed by atoms with Gasteiger partial charge in [-0.05, 0) is 19.3 Å². The highest BCUT2D eigenvalue weighted by Crippen LogP contribution is 2.15. The molecule has 1 fully saturated rings. The predicted molar refractivity (Wildman–Crippen MR) is 51.1 cm³/mol. The van der Waals surface area contributed by atoms with E-state index in [4.69, 9.17) is 4.74 Å². The lowest BCUT2D eigenvalue weighted by molar-refractivity contribution is 0.0300. The molecule has 0 bridgehead atoms. The van der Waals surface area contributed by atoms with Crippen LogP contribution in [0, 0.1) is 0 Å². The van der Waals surface area contributed by atoms with Crippen LogP contribution >= 0.6 is 0 Å². The summed E-state index contributed by atoms with van der Waals surface area (Å²) in [7, 11) is 0.0180. The fraction of sp³-hybridized carbons (Fsp3) is 1.00. The molecule has 1 aliphatic heterocycles. The van der Waals surface area contributed by atoms with Crippen molar-refractivity contribution < 1.29 is 13.2 Å². The van der Waals surface area contributed by atoms with Crippen molar-refractivity contribution >= 4 is 10.0 Å². The van der Waals surface area contributed by atoms with E-state index in [2.05, 4.69) is 0 Å². The first-order valence-corrected chi connectivity index (χ1v) is 6.15. The lowest BCUT2D eigenvalue weighted by Crippen LogP contribution is -2.34. The Labute approximate surface area is 79.9 Å². The third-order valence-electron chi connectivity index (χ3n) is 2.23. The van der Waals surface area contributed by atoms with Crippen LogP contribution in [0.4, 0.5) is 0 Å². The average molecular weight is 207 g/mol. The van der Waals surface area contributed by atoms with Crippen LogP contribution in [0.2, 0.25) is 0 Å². The average Bonchev–Trinajstić information content (AvgIpc) is 2.05. The Bertz CT molecular complexity index is 242. The molecule has 1 saturated heterocycles. The molecule has 1 unspecified atom stereocenters. The van der Waals surface area contributed by atoms with Gasteiger partial charge in [0, 0.05) is 20.7 Å². The Kier molecular flexibility index (Phi) is 3.70. The molecule has 1 aliphatic rings. The molecule has 0 aliphatic carbocycles. The summed E-state index contributed by atoms with van der Waals surface area (Å²) < 4.78 is 29.5. The van der Waals surface area contributed by atoms with Crippen LogP contribution in [0.1, 0.15) is 19.3 Å². The van der Waals surface area contributed by atoms with E-state index in [0.717, 1.165) is 19.3 Å². The van der Waals surface area contributed by atoms with Crippen molar-refractivity contribution in [1.82, 2.24) is 4.31 Å². The van der Waals surface area contributed by atoms with Gasteiger partial charge in [-0.3, -0.25) is 0 Å². The van der Waals surface area contributed by atoms with Crippen molar-refractivity contribution in [1.29, 1.82) is 0 Å². The lowest BCUT2D eigenvalue weighted by atomic mass is 10.1. The fourth-order valence-electron chi connectivity index (χ4n) is 1.32. The van der Waals surface area contributed by atoms with Crippen LogP contribution in [0.25, 0.3) is 0 Å². The Hall–Kier alpha value is -0.130. The number of hydrogen-bond acceptors (Lipinski definition) is 3. The van der Waals surface area contributed by atoms with Crippen molar-refractivity contribution in [3.05, 3.63) is 0 Å². The minimum atomic E-state index is -3.09. The molecular weight excluding hydrogens is 190 g/mol. The first-order chi connectivity index (χ1) is 6.02. The van der Waals surface area contributed by atoms with E-state index in [1.165, 1.54) is 4.31 Å². The maximum Gasteiger partial charge on any atom is 0.216 e. The summed E-state index contributed by atoms with van der Waals surface area (Å²) in [4.78, 5) is 0. The molecule has 78 valence electrons. The van der Waals surface area contributed by atoms with Gasteiger partial charge in [0.1, 0.15) is 0 Å². The quantitative estimate of drug-likeness (QED) is 0.675. The van der Waals surface area contributed by atoms with Crippen molar-refractivity contribution in [2.45, 2.75) is 25.4 Å². The van der Waals surface area contributed by atoms with Crippen LogP contribution in [0.15, 0.2) is 0 Å². The molecule has 0 aromatic heterocycles. The first kappa shape index (κ1) is 10.9. The molecule has 5 heteroatoms. The van der Waals surface area contributed by atoms with Gasteiger partial charge in [-0.15, -0.1) is 0 Å². The van der Waals surface area contributed by atoms with Gasteiger partial charge in [-0.25, -0.2) is 12.7 Å². The van der Waals surface area contributed by atoms with Gasteiger partial charge in [0.25, 0.3) is 0 Å². The number of sulfonamides is 1. The van der Waals surface area contributed by atoms with E-state index in [1.54, 1.807) is 14.1 Å². The Morgan fingerprint density at radius 2 is 2.08 bits per heavy atom. The first-order valence-electron chi connectivity index (χ1n) is 4.54. The van der Waals surface area contributed by atoms with E-state index in [0.29, 0.717) is 6.61 Å². The van der Waals surface area contributed by atoms with E-state index in [9.17, 15) is 8.42 Å². The third-order valence-corrected chi connectivity index (χ3v) is 4.13. The van der Waals surface area contributed by atoms with Gasteiger partial charge in [0.15, 0.2) is 0 Å². The maximum absolute atomic E-state index is 11.4. The van der Waals surface area contributed by atoms with E-state index >= 15 is 0 Å². The predicted octanol–water partition coefficient (Wildman–Crippen LogP) is 0.447. The Balaban J connectivity index is 2.47. The summed E-state index contributed by atoms with van der Waals surface area (Å²) in [5, 5.41) is 0. The molecule has 1 atom stereocenters. The van der Waals surface area contributed by atoms with Gasteiger partial charge in [0.05, 0.1) is 11.9 Å². The molecule has 0 N–H and O–H groups in total. The summed E-state index contributed by atoms with van der Waals surface area (Å²) >= 11 is 0. The molecule has 0 aromatic rings. The standard InChI is InChI=1S/C8H17NO3S/c1-9(2)13(10,11)7-8-5-3-4-6-12-8/h8H,3-7H2,1-2H3. The zero-order chi connectivity index (χ0) is 9.90. The highest BCUT2D eigenvalue weighted by atomic mass is 32.2. The largest absolute Gasteiger partial charge is 0.377 e. The molecule has 13 heavy (non-hydrogen) atoms. The minimum Gasteiger partial charge on any atom is -0.377 e. The van der Waals surface area contributed by atoms with Crippen molar-refractivity contribution in [2.75, 3.05) is 26.5 Å². The van der Waals surface area contributed by atoms with Crippen LogP contribution in [-0.2, 0) is 14.8 Å². The summed E-state index contributed by atoms with van der Waals surface area (Å²) in [6.07, 6.45) is 2.90. The highest BCUT2D eigenvalue weighted by molar-refractivity contribution is 7.89. The third kappa shape index (κ3) is 3.25. The van der Waals surface area contributed by atoms with Crippen LogP contribution in [0.5, 0.6) is 0 Å². The summed E-state index contributed by atoms with van der Waals surface area (Å²) in [5.41, 5.74) is 0. The molecule has 0 radical (unpaired) electrons. The smallest absolute Gasteiger partial charge is 0.216 e. The lowest BCUT2D eigenvalue weighted by Gasteiger charge is -2.23. The molecule has 0 amide bonds. The highest BCUT2D eigenvalue weighted by Gasteiger charge is 2.23. The molecule has 4 nitrogen and oxygen atoms in total. The Morgan fingerprint density at radius 1 is 1.38 bits per heavy atom. The molecular formula is C8H17NO3S. The number of nitrogens with zero attached hydrogens (tertiary/aromatic N) is 1. The maximum atomic E-state index is 11.4. The molecule has 0 saturated carbocycles. The van der Waals surface area contributed by atoms with Crippen molar-refractivity contribution in [3.8, 4) is 0 Å². The summed E-state index contributed by atoms with van der Waals surface area (Å²) in [6, 6.07) is 0. The zero-order valence-corrected chi connectivity index (χ0v) is 9.01. The van der Waals surface area contributed by atoms with Crippen molar-refractivity contribution in [2.24, 2.45) is 0 Å². The summed E-state index contributed by atoms with van der Waals surface area (Å²) in [5.74, 6) is 0.125. The van der Waals surface area contributed by atoms with E-state index in [1.807, 2.05) is 0 Å². The summed E-state index contributed by atoms with van der Waals surface area (Å²) in [6.45, 7) is 0.702. The minimum absolute atomic E-state index is 0.0962. The molecule has 1 heterocycles. The Morgan fingerprint density at radius 3 is 2.54 bits per heavy atom. The molecule has 0 aromatic carbocycles. The molecule has 0 spiro atoms. The van der Waals surface area contributed by atoms with Crippen LogP contribution in [-0.4, -0.2) is 45.3 Å². The second-order valence-electron chi connectivity index (χ2n) is 3.55. The van der Waals surface area contributed by atoms with Gasteiger partial charge in [-0.1, -0.05) is 0 Å².